The molecule has 0 bridgehead atoms. The Morgan fingerprint density at radius 2 is 1.92 bits per heavy atom. The Labute approximate surface area is 150 Å². The minimum atomic E-state index is -4.39. The number of carbonyl (C=O) groups is 1. The molecule has 0 unspecified atom stereocenters. The van der Waals surface area contributed by atoms with Crippen molar-refractivity contribution < 1.29 is 22.7 Å². The number of halogens is 3. The summed E-state index contributed by atoms with van der Waals surface area (Å²) in [6.45, 7) is 4.03. The number of hydrogen-bond acceptors (Lipinski definition) is 5. The molecule has 0 N–H and O–H groups in total. The fourth-order valence-electron chi connectivity index (χ4n) is 4.25. The maximum absolute atomic E-state index is 13.3. The summed E-state index contributed by atoms with van der Waals surface area (Å²) >= 11 is 0. The highest BCUT2D eigenvalue weighted by molar-refractivity contribution is 5.70. The van der Waals surface area contributed by atoms with Gasteiger partial charge in [0.05, 0.1) is 12.7 Å². The lowest BCUT2D eigenvalue weighted by molar-refractivity contribution is -0.141. The molecule has 4 atom stereocenters. The molecule has 26 heavy (non-hydrogen) atoms. The SMILES string of the molecule is COC(=O)C[C@@H]1[C@H]2CN(c3cc(C(F)(F)F)cc(N4CC[C@@H]4C)n3)C[C@@H]12. The van der Waals surface area contributed by atoms with Crippen molar-refractivity contribution >= 4 is 17.6 Å². The molecule has 0 radical (unpaired) electrons. The number of anilines is 2. The molecule has 3 aliphatic rings. The summed E-state index contributed by atoms with van der Waals surface area (Å²) in [6.07, 6.45) is -3.03. The van der Waals surface area contributed by atoms with Crippen molar-refractivity contribution in [2.75, 3.05) is 36.5 Å². The Kier molecular flexibility index (Phi) is 4.04. The third kappa shape index (κ3) is 2.99. The van der Waals surface area contributed by atoms with Crippen LogP contribution in [0.2, 0.25) is 0 Å². The van der Waals surface area contributed by atoms with Crippen LogP contribution in [0.1, 0.15) is 25.3 Å². The number of nitrogens with zero attached hydrogens (tertiary/aromatic N) is 3. The van der Waals surface area contributed by atoms with Gasteiger partial charge in [0.25, 0.3) is 0 Å². The number of alkyl halides is 3. The largest absolute Gasteiger partial charge is 0.469 e. The Morgan fingerprint density at radius 1 is 1.27 bits per heavy atom. The predicted octanol–water partition coefficient (Wildman–Crippen LogP) is 2.94. The van der Waals surface area contributed by atoms with Crippen molar-refractivity contribution in [3.8, 4) is 0 Å². The zero-order valence-corrected chi connectivity index (χ0v) is 14.8. The number of piperidine rings is 1. The van der Waals surface area contributed by atoms with E-state index in [1.807, 2.05) is 16.7 Å². The van der Waals surface area contributed by atoms with Gasteiger partial charge in [0.1, 0.15) is 11.6 Å². The Balaban J connectivity index is 1.52. The van der Waals surface area contributed by atoms with Crippen LogP contribution in [-0.2, 0) is 15.7 Å². The van der Waals surface area contributed by atoms with Crippen LogP contribution in [0.5, 0.6) is 0 Å². The standard InChI is InChI=1S/C18H22F3N3O2/c1-10-3-4-24(10)16-6-11(18(19,20)21)5-15(22-16)23-8-13-12(14(13)9-23)7-17(25)26-2/h5-6,10,12-14H,3-4,7-9H2,1-2H3/t10-,12-,13-,14+/m0/s1. The van der Waals surface area contributed by atoms with E-state index in [-0.39, 0.29) is 12.0 Å². The van der Waals surface area contributed by atoms with Gasteiger partial charge in [0.15, 0.2) is 0 Å². The minimum absolute atomic E-state index is 0.218. The number of pyridine rings is 1. The van der Waals surface area contributed by atoms with Gasteiger partial charge in [-0.15, -0.1) is 0 Å². The third-order valence-electron chi connectivity index (χ3n) is 6.07. The van der Waals surface area contributed by atoms with E-state index in [1.165, 1.54) is 7.11 Å². The van der Waals surface area contributed by atoms with Gasteiger partial charge >= 0.3 is 12.1 Å². The summed E-state index contributed by atoms with van der Waals surface area (Å²) in [4.78, 5) is 19.8. The smallest absolute Gasteiger partial charge is 0.416 e. The Bertz CT molecular complexity index is 712. The lowest BCUT2D eigenvalue weighted by atomic mass is 10.1. The molecule has 8 heteroatoms. The van der Waals surface area contributed by atoms with Crippen LogP contribution >= 0.6 is 0 Å². The molecule has 1 aliphatic carbocycles. The molecule has 3 fully saturated rings. The number of fused-ring (bicyclic) bond motifs is 1. The number of methoxy groups -OCH3 is 1. The van der Waals surface area contributed by atoms with Crippen molar-refractivity contribution in [1.29, 1.82) is 0 Å². The van der Waals surface area contributed by atoms with Crippen LogP contribution in [-0.4, -0.2) is 43.7 Å². The highest BCUT2D eigenvalue weighted by atomic mass is 19.4. The highest BCUT2D eigenvalue weighted by Gasteiger charge is 2.56. The van der Waals surface area contributed by atoms with Crippen molar-refractivity contribution in [2.24, 2.45) is 17.8 Å². The molecule has 4 rings (SSSR count). The molecular weight excluding hydrogens is 347 g/mol. The van der Waals surface area contributed by atoms with E-state index in [1.54, 1.807) is 0 Å². The first kappa shape index (κ1) is 17.4. The quantitative estimate of drug-likeness (QED) is 0.764. The van der Waals surface area contributed by atoms with Gasteiger partial charge in [-0.1, -0.05) is 0 Å². The first-order valence-corrected chi connectivity index (χ1v) is 8.95. The lowest BCUT2D eigenvalue weighted by Crippen LogP contribution is -2.46. The second-order valence-electron chi connectivity index (χ2n) is 7.58. The summed E-state index contributed by atoms with van der Waals surface area (Å²) in [5, 5.41) is 0. The van der Waals surface area contributed by atoms with Gasteiger partial charge in [0.2, 0.25) is 0 Å². The second-order valence-corrected chi connectivity index (χ2v) is 7.58. The molecule has 0 spiro atoms. The Morgan fingerprint density at radius 3 is 2.42 bits per heavy atom. The molecule has 142 valence electrons. The fraction of sp³-hybridized carbons (Fsp3) is 0.667. The van der Waals surface area contributed by atoms with Crippen LogP contribution in [0, 0.1) is 17.8 Å². The molecule has 1 aromatic rings. The van der Waals surface area contributed by atoms with Crippen LogP contribution in [0.3, 0.4) is 0 Å². The van der Waals surface area contributed by atoms with E-state index in [0.717, 1.165) is 25.1 Å². The molecule has 1 aromatic heterocycles. The molecule has 2 aliphatic heterocycles. The number of rotatable bonds is 4. The van der Waals surface area contributed by atoms with E-state index < -0.39 is 11.7 Å². The Hall–Kier alpha value is -1.99. The van der Waals surface area contributed by atoms with E-state index in [0.29, 0.717) is 48.9 Å². The number of carbonyl (C=O) groups excluding carboxylic acids is 1. The topological polar surface area (TPSA) is 45.7 Å². The van der Waals surface area contributed by atoms with Gasteiger partial charge in [-0.25, -0.2) is 4.98 Å². The molecule has 0 amide bonds. The van der Waals surface area contributed by atoms with Gasteiger partial charge in [-0.05, 0) is 43.2 Å². The number of hydrogen-bond donors (Lipinski definition) is 0. The monoisotopic (exact) mass is 369 g/mol. The number of esters is 1. The summed E-state index contributed by atoms with van der Waals surface area (Å²) in [7, 11) is 1.37. The van der Waals surface area contributed by atoms with Crippen molar-refractivity contribution in [1.82, 2.24) is 4.98 Å². The van der Waals surface area contributed by atoms with E-state index in [9.17, 15) is 18.0 Å². The minimum Gasteiger partial charge on any atom is -0.469 e. The molecule has 3 heterocycles. The number of aromatic nitrogens is 1. The van der Waals surface area contributed by atoms with Crippen LogP contribution < -0.4 is 9.80 Å². The van der Waals surface area contributed by atoms with Gasteiger partial charge in [0, 0.05) is 32.1 Å². The summed E-state index contributed by atoms with van der Waals surface area (Å²) < 4.78 is 44.7. The predicted molar refractivity (Wildman–Crippen MR) is 90.0 cm³/mol. The summed E-state index contributed by atoms with van der Waals surface area (Å²) in [5.41, 5.74) is -0.650. The van der Waals surface area contributed by atoms with Crippen LogP contribution in [0.15, 0.2) is 12.1 Å². The van der Waals surface area contributed by atoms with Gasteiger partial charge in [-0.2, -0.15) is 13.2 Å². The van der Waals surface area contributed by atoms with E-state index >= 15 is 0 Å². The molecule has 0 aromatic carbocycles. The normalized spacial score (nSPS) is 30.0. The fourth-order valence-corrected chi connectivity index (χ4v) is 4.25. The van der Waals surface area contributed by atoms with Gasteiger partial charge in [-0.3, -0.25) is 4.79 Å². The average Bonchev–Trinajstić information content (AvgIpc) is 3.02. The zero-order chi connectivity index (χ0) is 18.6. The maximum Gasteiger partial charge on any atom is 0.416 e. The first-order chi connectivity index (χ1) is 12.3. The molecule has 5 nitrogen and oxygen atoms in total. The summed E-state index contributed by atoms with van der Waals surface area (Å²) in [6, 6.07) is 2.51. The average molecular weight is 369 g/mol. The van der Waals surface area contributed by atoms with Crippen molar-refractivity contribution in [2.45, 2.75) is 32.0 Å². The van der Waals surface area contributed by atoms with E-state index in [4.69, 9.17) is 4.74 Å². The zero-order valence-electron chi connectivity index (χ0n) is 14.8. The molecule has 2 saturated heterocycles. The maximum atomic E-state index is 13.3. The number of ether oxygens (including phenoxy) is 1. The van der Waals surface area contributed by atoms with E-state index in [2.05, 4.69) is 4.98 Å². The second kappa shape index (κ2) is 6.03. The third-order valence-corrected chi connectivity index (χ3v) is 6.07. The van der Waals surface area contributed by atoms with Crippen LogP contribution in [0.25, 0.3) is 0 Å². The first-order valence-electron chi connectivity index (χ1n) is 8.95. The highest BCUT2D eigenvalue weighted by Crippen LogP contribution is 2.54. The van der Waals surface area contributed by atoms with Crippen molar-refractivity contribution in [3.63, 3.8) is 0 Å². The molecular formula is C18H22F3N3O2. The molecule has 1 saturated carbocycles. The summed E-state index contributed by atoms with van der Waals surface area (Å²) in [5.74, 6) is 1.55. The van der Waals surface area contributed by atoms with Crippen molar-refractivity contribution in [3.05, 3.63) is 17.7 Å². The van der Waals surface area contributed by atoms with Crippen LogP contribution in [0.4, 0.5) is 24.8 Å². The lowest BCUT2D eigenvalue weighted by Gasteiger charge is -2.40. The van der Waals surface area contributed by atoms with Gasteiger partial charge < -0.3 is 14.5 Å².